The molecule has 3 aromatic rings. The third-order valence-electron chi connectivity index (χ3n) is 6.31. The first kappa shape index (κ1) is 25.8. The second-order valence-corrected chi connectivity index (χ2v) is 10.1. The van der Waals surface area contributed by atoms with E-state index in [0.29, 0.717) is 35.2 Å². The molecule has 8 heteroatoms. The number of benzene rings is 2. The fourth-order valence-corrected chi connectivity index (χ4v) is 4.56. The average Bonchev–Trinajstić information content (AvgIpc) is 3.17. The molecule has 1 aromatic heterocycles. The molecule has 1 N–H and O–H groups in total. The maximum atomic E-state index is 11.1. The number of aromatic nitrogens is 2. The number of likely N-dealkylation sites (tertiary alicyclic amines) is 1. The summed E-state index contributed by atoms with van der Waals surface area (Å²) >= 11 is 12.0. The minimum Gasteiger partial charge on any atom is -0.494 e. The lowest BCUT2D eigenvalue weighted by Gasteiger charge is -2.27. The molecule has 1 atom stereocenters. The van der Waals surface area contributed by atoms with Crippen LogP contribution in [-0.4, -0.2) is 51.7 Å². The van der Waals surface area contributed by atoms with Crippen LogP contribution in [0.15, 0.2) is 54.7 Å². The van der Waals surface area contributed by atoms with Crippen LogP contribution in [0, 0.1) is 6.92 Å². The van der Waals surface area contributed by atoms with Crippen LogP contribution in [0.2, 0.25) is 10.0 Å². The number of aliphatic hydroxyl groups is 1. The zero-order valence-electron chi connectivity index (χ0n) is 20.1. The third kappa shape index (κ3) is 7.87. The van der Waals surface area contributed by atoms with Gasteiger partial charge in [0.1, 0.15) is 18.1 Å². The van der Waals surface area contributed by atoms with Crippen molar-refractivity contribution in [3.8, 4) is 11.5 Å². The first-order chi connectivity index (χ1) is 16.9. The molecule has 188 valence electrons. The van der Waals surface area contributed by atoms with E-state index in [9.17, 15) is 5.11 Å². The Kier molecular flexibility index (Phi) is 8.95. The summed E-state index contributed by atoms with van der Waals surface area (Å²) < 4.78 is 13.7. The Balaban J connectivity index is 1.19. The number of rotatable bonds is 10. The molecule has 0 spiro atoms. The van der Waals surface area contributed by atoms with Crippen LogP contribution in [0.3, 0.4) is 0 Å². The molecule has 0 unspecified atom stereocenters. The van der Waals surface area contributed by atoms with Crippen LogP contribution in [0.25, 0.3) is 0 Å². The topological polar surface area (TPSA) is 59.8 Å². The SMILES string of the molecule is Cc1ccn(CCCOc2ccc(CN3CCC[C@@](O)(COc4ccc(Cl)c(Cl)c4)CC3)cc2)n1. The first-order valence-corrected chi connectivity index (χ1v) is 12.9. The summed E-state index contributed by atoms with van der Waals surface area (Å²) in [6, 6.07) is 15.5. The van der Waals surface area contributed by atoms with E-state index < -0.39 is 5.60 Å². The van der Waals surface area contributed by atoms with Gasteiger partial charge in [0.2, 0.25) is 0 Å². The summed E-state index contributed by atoms with van der Waals surface area (Å²) in [4.78, 5) is 2.39. The monoisotopic (exact) mass is 517 g/mol. The summed E-state index contributed by atoms with van der Waals surface area (Å²) in [5, 5.41) is 16.4. The Labute approximate surface area is 217 Å². The predicted octanol–water partition coefficient (Wildman–Crippen LogP) is 5.76. The van der Waals surface area contributed by atoms with Crippen molar-refractivity contribution in [3.05, 3.63) is 76.0 Å². The molecule has 2 aromatic carbocycles. The van der Waals surface area contributed by atoms with E-state index in [1.54, 1.807) is 18.2 Å². The van der Waals surface area contributed by atoms with E-state index in [-0.39, 0.29) is 6.61 Å². The lowest BCUT2D eigenvalue weighted by molar-refractivity contribution is -0.0168. The van der Waals surface area contributed by atoms with E-state index in [1.165, 1.54) is 5.56 Å². The largest absolute Gasteiger partial charge is 0.494 e. The maximum absolute atomic E-state index is 11.1. The highest BCUT2D eigenvalue weighted by Gasteiger charge is 2.31. The first-order valence-electron chi connectivity index (χ1n) is 12.1. The van der Waals surface area contributed by atoms with Crippen LogP contribution >= 0.6 is 23.2 Å². The standard InChI is InChI=1S/C27H33Cl2N3O3/c1-21-10-15-32(30-21)14-3-17-34-23-6-4-22(5-7-23)19-31-13-2-11-27(33,12-16-31)20-35-24-8-9-25(28)26(29)18-24/h4-10,15,18,33H,2-3,11-14,16-17,19-20H2,1H3/t27-/m0/s1. The fraction of sp³-hybridized carbons (Fsp3) is 0.444. The van der Waals surface area contributed by atoms with Crippen LogP contribution in [0.4, 0.5) is 0 Å². The van der Waals surface area contributed by atoms with Gasteiger partial charge in [-0.05, 0) is 68.6 Å². The minimum absolute atomic E-state index is 0.241. The molecular formula is C27H33Cl2N3O3. The number of aryl methyl sites for hydroxylation is 2. The zero-order valence-corrected chi connectivity index (χ0v) is 21.6. The predicted molar refractivity (Wildman–Crippen MR) is 140 cm³/mol. The molecule has 0 amide bonds. The van der Waals surface area contributed by atoms with E-state index in [1.807, 2.05) is 36.0 Å². The van der Waals surface area contributed by atoms with Gasteiger partial charge in [-0.15, -0.1) is 0 Å². The summed E-state index contributed by atoms with van der Waals surface area (Å²) in [5.74, 6) is 1.50. The number of hydrogen-bond donors (Lipinski definition) is 1. The van der Waals surface area contributed by atoms with E-state index in [2.05, 4.69) is 22.1 Å². The Morgan fingerprint density at radius 1 is 0.971 bits per heavy atom. The van der Waals surface area contributed by atoms with Crippen molar-refractivity contribution < 1.29 is 14.6 Å². The molecule has 0 aliphatic carbocycles. The summed E-state index contributed by atoms with van der Waals surface area (Å²) in [6.07, 6.45) is 5.18. The molecule has 35 heavy (non-hydrogen) atoms. The van der Waals surface area contributed by atoms with Crippen LogP contribution in [0.1, 0.15) is 36.9 Å². The Morgan fingerprint density at radius 3 is 2.51 bits per heavy atom. The average molecular weight is 518 g/mol. The Hall–Kier alpha value is -2.25. The molecule has 0 bridgehead atoms. The van der Waals surface area contributed by atoms with Gasteiger partial charge in [0.05, 0.1) is 27.9 Å². The lowest BCUT2D eigenvalue weighted by atomic mass is 9.96. The van der Waals surface area contributed by atoms with Crippen molar-refractivity contribution in [2.24, 2.45) is 0 Å². The van der Waals surface area contributed by atoms with E-state index in [4.69, 9.17) is 32.7 Å². The molecular weight excluding hydrogens is 485 g/mol. The highest BCUT2D eigenvalue weighted by Crippen LogP contribution is 2.29. The van der Waals surface area contributed by atoms with Crippen molar-refractivity contribution in [3.63, 3.8) is 0 Å². The molecule has 1 saturated heterocycles. The molecule has 0 saturated carbocycles. The van der Waals surface area contributed by atoms with Gasteiger partial charge in [-0.2, -0.15) is 5.10 Å². The number of ether oxygens (including phenoxy) is 2. The van der Waals surface area contributed by atoms with Crippen molar-refractivity contribution in [2.45, 2.75) is 51.3 Å². The second-order valence-electron chi connectivity index (χ2n) is 9.28. The molecule has 1 fully saturated rings. The summed E-state index contributed by atoms with van der Waals surface area (Å²) in [7, 11) is 0. The molecule has 6 nitrogen and oxygen atoms in total. The number of nitrogens with zero attached hydrogens (tertiary/aromatic N) is 3. The van der Waals surface area contributed by atoms with Crippen molar-refractivity contribution in [1.29, 1.82) is 0 Å². The summed E-state index contributed by atoms with van der Waals surface area (Å²) in [6.45, 7) is 6.35. The second kappa shape index (κ2) is 12.1. The minimum atomic E-state index is -0.854. The smallest absolute Gasteiger partial charge is 0.121 e. The van der Waals surface area contributed by atoms with Crippen LogP contribution in [0.5, 0.6) is 11.5 Å². The normalized spacial score (nSPS) is 18.9. The third-order valence-corrected chi connectivity index (χ3v) is 7.05. The summed E-state index contributed by atoms with van der Waals surface area (Å²) in [5.41, 5.74) is 1.42. The van der Waals surface area contributed by atoms with Crippen molar-refractivity contribution >= 4 is 23.2 Å². The molecule has 1 aliphatic heterocycles. The molecule has 2 heterocycles. The van der Waals surface area contributed by atoms with Gasteiger partial charge in [-0.3, -0.25) is 9.58 Å². The highest BCUT2D eigenvalue weighted by molar-refractivity contribution is 6.42. The van der Waals surface area contributed by atoms with Gasteiger partial charge >= 0.3 is 0 Å². The van der Waals surface area contributed by atoms with Crippen molar-refractivity contribution in [1.82, 2.24) is 14.7 Å². The van der Waals surface area contributed by atoms with Gasteiger partial charge in [0, 0.05) is 38.3 Å². The van der Waals surface area contributed by atoms with Crippen molar-refractivity contribution in [2.75, 3.05) is 26.3 Å². The van der Waals surface area contributed by atoms with E-state index in [0.717, 1.165) is 50.5 Å². The lowest BCUT2D eigenvalue weighted by Crippen LogP contribution is -2.37. The number of hydrogen-bond acceptors (Lipinski definition) is 5. The van der Waals surface area contributed by atoms with Gasteiger partial charge in [-0.25, -0.2) is 0 Å². The highest BCUT2D eigenvalue weighted by atomic mass is 35.5. The van der Waals surface area contributed by atoms with E-state index >= 15 is 0 Å². The van der Waals surface area contributed by atoms with Gasteiger partial charge in [0.15, 0.2) is 0 Å². The van der Waals surface area contributed by atoms with Gasteiger partial charge < -0.3 is 14.6 Å². The van der Waals surface area contributed by atoms with Gasteiger partial charge in [0.25, 0.3) is 0 Å². The Bertz CT molecular complexity index is 1090. The molecule has 1 aliphatic rings. The Morgan fingerprint density at radius 2 is 1.77 bits per heavy atom. The zero-order chi connectivity index (χ0) is 24.7. The van der Waals surface area contributed by atoms with Crippen LogP contribution < -0.4 is 9.47 Å². The molecule has 4 rings (SSSR count). The maximum Gasteiger partial charge on any atom is 0.121 e. The fourth-order valence-electron chi connectivity index (χ4n) is 4.28. The quantitative estimate of drug-likeness (QED) is 0.346. The number of halogens is 2. The van der Waals surface area contributed by atoms with Crippen LogP contribution in [-0.2, 0) is 13.1 Å². The van der Waals surface area contributed by atoms with Gasteiger partial charge in [-0.1, -0.05) is 35.3 Å². The molecule has 0 radical (unpaired) electrons.